The van der Waals surface area contributed by atoms with E-state index >= 15 is 0 Å². The molecular weight excluding hydrogens is 516 g/mol. The fourth-order valence-electron chi connectivity index (χ4n) is 4.37. The van der Waals surface area contributed by atoms with Crippen molar-refractivity contribution >= 4 is 17.1 Å². The number of unbranched alkanes of at least 4 members (excludes halogenated alkanes) is 2. The monoisotopic (exact) mass is 564 g/mol. The number of nitrogens with zero attached hydrogens (tertiary/aromatic N) is 4. The summed E-state index contributed by atoms with van der Waals surface area (Å²) in [6.07, 6.45) is 32.1. The van der Waals surface area contributed by atoms with E-state index in [4.69, 9.17) is 4.74 Å². The molecule has 0 spiro atoms. The van der Waals surface area contributed by atoms with Crippen LogP contribution in [0.4, 0.5) is 0 Å². The number of fused-ring (bicyclic) bond motifs is 1. The normalized spacial score (nSPS) is 13.3. The van der Waals surface area contributed by atoms with Gasteiger partial charge in [-0.3, -0.25) is 18.7 Å². The Balaban J connectivity index is 1.54. The molecule has 0 aliphatic carbocycles. The predicted molar refractivity (Wildman–Crippen MR) is 168 cm³/mol. The number of carbonyl (C=O) groups excluding carboxylic acids is 1. The van der Waals surface area contributed by atoms with Crippen LogP contribution in [0.5, 0.6) is 0 Å². The van der Waals surface area contributed by atoms with Crippen LogP contribution in [0, 0.1) is 0 Å². The first-order valence-electron chi connectivity index (χ1n) is 14.9. The number of carbonyl (C=O) groups is 1. The van der Waals surface area contributed by atoms with Crippen molar-refractivity contribution in [3.05, 3.63) is 87.9 Å². The Labute approximate surface area is 244 Å². The molecule has 41 heavy (non-hydrogen) atoms. The minimum absolute atomic E-state index is 0.184. The van der Waals surface area contributed by atoms with Crippen LogP contribution in [0.15, 0.2) is 76.7 Å². The van der Waals surface area contributed by atoms with Crippen LogP contribution >= 0.6 is 0 Å². The number of allylic oxidation sites excluding steroid dienone is 10. The molecule has 0 saturated heterocycles. The molecule has 0 aliphatic heterocycles. The zero-order valence-electron chi connectivity index (χ0n) is 25.3. The zero-order chi connectivity index (χ0) is 29.9. The van der Waals surface area contributed by atoms with Gasteiger partial charge in [-0.15, -0.1) is 0 Å². The lowest BCUT2D eigenvalue weighted by Crippen LogP contribution is -2.39. The van der Waals surface area contributed by atoms with Gasteiger partial charge >= 0.3 is 11.7 Å². The Morgan fingerprint density at radius 2 is 1.46 bits per heavy atom. The summed E-state index contributed by atoms with van der Waals surface area (Å²) in [4.78, 5) is 41.6. The van der Waals surface area contributed by atoms with E-state index in [9.17, 15) is 14.4 Å². The molecular formula is C33H48N4O4. The molecule has 2 aromatic rings. The highest BCUT2D eigenvalue weighted by Gasteiger charge is 2.15. The molecule has 0 fully saturated rings. The van der Waals surface area contributed by atoms with Crippen molar-refractivity contribution < 1.29 is 9.53 Å². The van der Waals surface area contributed by atoms with Crippen LogP contribution in [-0.4, -0.2) is 30.8 Å². The average molecular weight is 565 g/mol. The number of hydrogen-bond acceptors (Lipinski definition) is 5. The molecule has 0 saturated carbocycles. The molecule has 0 aromatic carbocycles. The van der Waals surface area contributed by atoms with Gasteiger partial charge in [-0.25, -0.2) is 9.78 Å². The van der Waals surface area contributed by atoms with Gasteiger partial charge in [0.2, 0.25) is 0 Å². The van der Waals surface area contributed by atoms with Gasteiger partial charge in [0, 0.05) is 27.1 Å². The van der Waals surface area contributed by atoms with Gasteiger partial charge in [-0.05, 0) is 71.1 Å². The molecule has 0 unspecified atom stereocenters. The molecule has 0 bridgehead atoms. The fraction of sp³-hybridized carbons (Fsp3) is 0.515. The minimum Gasteiger partial charge on any atom is -0.463 e. The number of aryl methyl sites for hydroxylation is 2. The van der Waals surface area contributed by atoms with E-state index in [2.05, 4.69) is 72.7 Å². The second-order valence-corrected chi connectivity index (χ2v) is 10.2. The highest BCUT2D eigenvalue weighted by atomic mass is 16.5. The topological polar surface area (TPSA) is 88.1 Å². The van der Waals surface area contributed by atoms with E-state index in [1.807, 2.05) is 6.92 Å². The highest BCUT2D eigenvalue weighted by molar-refractivity contribution is 5.70. The number of aromatic nitrogens is 4. The Morgan fingerprint density at radius 3 is 2.07 bits per heavy atom. The van der Waals surface area contributed by atoms with E-state index in [-0.39, 0.29) is 23.3 Å². The van der Waals surface area contributed by atoms with E-state index in [1.54, 1.807) is 18.7 Å². The maximum atomic E-state index is 12.8. The minimum atomic E-state index is -0.367. The third-order valence-corrected chi connectivity index (χ3v) is 6.69. The first kappa shape index (κ1) is 33.5. The summed E-state index contributed by atoms with van der Waals surface area (Å²) in [6, 6.07) is 0. The van der Waals surface area contributed by atoms with Gasteiger partial charge in [0.05, 0.1) is 12.4 Å². The molecule has 0 radical (unpaired) electrons. The molecule has 8 nitrogen and oxygen atoms in total. The zero-order valence-corrected chi connectivity index (χ0v) is 25.3. The molecule has 0 aliphatic rings. The summed E-state index contributed by atoms with van der Waals surface area (Å²) in [6.45, 7) is 4.35. The maximum absolute atomic E-state index is 12.8. The average Bonchev–Trinajstić information content (AvgIpc) is 3.34. The molecule has 0 amide bonds. The van der Waals surface area contributed by atoms with Crippen molar-refractivity contribution in [2.45, 2.75) is 97.1 Å². The largest absolute Gasteiger partial charge is 0.463 e. The standard InChI is InChI=1S/C33H48N4O4/c1-5-6-7-8-9-10-11-12-13-14-15-16-17-18-19-20-21-25-29(38)41-28(2)24-22-23-26-37-32(39)30-31(34-27-35(30)3)36(4)33(37)40/h6-7,9-10,12-13,15-16,18-19,27-28H,5,8,11,14,17,20-26H2,1-4H3/b7-6-,10-9-,13-12-,16-15-,19-18-/t28-/m1/s1. The second-order valence-electron chi connectivity index (χ2n) is 10.2. The summed E-state index contributed by atoms with van der Waals surface area (Å²) in [7, 11) is 3.36. The first-order chi connectivity index (χ1) is 19.9. The smallest absolute Gasteiger partial charge is 0.332 e. The van der Waals surface area contributed by atoms with Crippen LogP contribution in [0.25, 0.3) is 11.2 Å². The molecule has 8 heteroatoms. The number of hydrogen-bond donors (Lipinski definition) is 0. The van der Waals surface area contributed by atoms with Crippen molar-refractivity contribution in [2.24, 2.45) is 14.1 Å². The van der Waals surface area contributed by atoms with E-state index in [1.165, 1.54) is 15.5 Å². The summed E-state index contributed by atoms with van der Waals surface area (Å²) in [5.41, 5.74) is 0.114. The fourth-order valence-corrected chi connectivity index (χ4v) is 4.37. The Morgan fingerprint density at radius 1 is 0.878 bits per heavy atom. The van der Waals surface area contributed by atoms with Gasteiger partial charge in [-0.1, -0.05) is 67.7 Å². The van der Waals surface area contributed by atoms with Crippen molar-refractivity contribution in [1.82, 2.24) is 18.7 Å². The van der Waals surface area contributed by atoms with Crippen LogP contribution in [0.1, 0.15) is 84.5 Å². The van der Waals surface area contributed by atoms with Gasteiger partial charge in [-0.2, -0.15) is 0 Å². The van der Waals surface area contributed by atoms with Gasteiger partial charge in [0.15, 0.2) is 11.2 Å². The first-order valence-corrected chi connectivity index (χ1v) is 14.9. The third kappa shape index (κ3) is 12.2. The SMILES string of the molecule is CC/C=C\C/C=C\C/C=C\C/C=C\C/C=C\CCCC(=O)O[C@H](C)CCCCn1c(=O)c2c(ncn2C)n(C)c1=O. The lowest BCUT2D eigenvalue weighted by molar-refractivity contribution is -0.148. The van der Waals surface area contributed by atoms with Crippen molar-refractivity contribution in [3.63, 3.8) is 0 Å². The summed E-state index contributed by atoms with van der Waals surface area (Å²) in [5, 5.41) is 0. The number of imidazole rings is 1. The summed E-state index contributed by atoms with van der Waals surface area (Å²) < 4.78 is 9.83. The highest BCUT2D eigenvalue weighted by Crippen LogP contribution is 2.09. The third-order valence-electron chi connectivity index (χ3n) is 6.69. The van der Waals surface area contributed by atoms with E-state index in [0.717, 1.165) is 51.4 Å². The summed E-state index contributed by atoms with van der Waals surface area (Å²) >= 11 is 0. The number of esters is 1. The van der Waals surface area contributed by atoms with Crippen molar-refractivity contribution in [1.29, 1.82) is 0 Å². The summed E-state index contributed by atoms with van der Waals surface area (Å²) in [5.74, 6) is -0.184. The molecule has 2 heterocycles. The lowest BCUT2D eigenvalue weighted by Gasteiger charge is -2.13. The van der Waals surface area contributed by atoms with Crippen LogP contribution in [0.3, 0.4) is 0 Å². The van der Waals surface area contributed by atoms with Crippen molar-refractivity contribution in [3.8, 4) is 0 Å². The molecule has 2 rings (SSSR count). The van der Waals surface area contributed by atoms with Crippen molar-refractivity contribution in [2.75, 3.05) is 0 Å². The van der Waals surface area contributed by atoms with E-state index in [0.29, 0.717) is 37.0 Å². The number of ether oxygens (including phenoxy) is 1. The molecule has 1 atom stereocenters. The van der Waals surface area contributed by atoms with Gasteiger partial charge in [0.25, 0.3) is 5.56 Å². The molecule has 0 N–H and O–H groups in total. The number of rotatable bonds is 19. The van der Waals surface area contributed by atoms with Crippen LogP contribution in [-0.2, 0) is 30.2 Å². The van der Waals surface area contributed by atoms with Gasteiger partial charge in [0.1, 0.15) is 0 Å². The van der Waals surface area contributed by atoms with E-state index < -0.39 is 0 Å². The lowest BCUT2D eigenvalue weighted by atomic mass is 10.1. The molecule has 224 valence electrons. The Bertz CT molecular complexity index is 1340. The Kier molecular flexibility index (Phi) is 15.9. The van der Waals surface area contributed by atoms with Gasteiger partial charge < -0.3 is 9.30 Å². The van der Waals surface area contributed by atoms with Crippen LogP contribution < -0.4 is 11.2 Å². The van der Waals surface area contributed by atoms with Crippen LogP contribution in [0.2, 0.25) is 0 Å². The molecule has 2 aromatic heterocycles. The maximum Gasteiger partial charge on any atom is 0.332 e. The second kappa shape index (κ2) is 19.4. The quantitative estimate of drug-likeness (QED) is 0.111. The Hall–Kier alpha value is -3.68. The predicted octanol–water partition coefficient (Wildman–Crippen LogP) is 6.46.